The van der Waals surface area contributed by atoms with E-state index >= 15 is 0 Å². The summed E-state index contributed by atoms with van der Waals surface area (Å²) in [5.74, 6) is 0.154. The molecule has 0 bridgehead atoms. The molecule has 24 heavy (non-hydrogen) atoms. The molecule has 1 aliphatic carbocycles. The average Bonchev–Trinajstić information content (AvgIpc) is 3.01. The van der Waals surface area contributed by atoms with Crippen LogP contribution in [0.1, 0.15) is 59.3 Å². The summed E-state index contributed by atoms with van der Waals surface area (Å²) >= 11 is 0. The van der Waals surface area contributed by atoms with Gasteiger partial charge in [-0.1, -0.05) is 12.8 Å². The van der Waals surface area contributed by atoms with Crippen molar-refractivity contribution in [1.29, 1.82) is 0 Å². The molecule has 0 radical (unpaired) electrons. The Kier molecular flexibility index (Phi) is 4.64. The van der Waals surface area contributed by atoms with Crippen LogP contribution in [0.5, 0.6) is 0 Å². The second-order valence-electron chi connectivity index (χ2n) is 8.47. The molecule has 0 aromatic carbocycles. The minimum Gasteiger partial charge on any atom is -0.390 e. The number of rotatable bonds is 4. The first-order chi connectivity index (χ1) is 11.2. The van der Waals surface area contributed by atoms with E-state index in [0.29, 0.717) is 25.0 Å². The highest BCUT2D eigenvalue weighted by Gasteiger charge is 2.46. The Morgan fingerprint density at radius 2 is 1.88 bits per heavy atom. The number of aliphatic hydroxyl groups is 1. The van der Waals surface area contributed by atoms with Crippen LogP contribution in [-0.2, 0) is 4.79 Å². The Hall–Kier alpha value is -1.14. The highest BCUT2D eigenvalue weighted by atomic mass is 16.3. The van der Waals surface area contributed by atoms with Crippen LogP contribution < -0.4 is 5.32 Å². The van der Waals surface area contributed by atoms with Gasteiger partial charge in [0.25, 0.3) is 5.91 Å². The third-order valence-corrected chi connectivity index (χ3v) is 6.18. The molecule has 3 fully saturated rings. The van der Waals surface area contributed by atoms with E-state index in [0.717, 1.165) is 38.6 Å². The summed E-state index contributed by atoms with van der Waals surface area (Å²) in [7, 11) is 0. The van der Waals surface area contributed by atoms with Gasteiger partial charge in [0, 0.05) is 25.0 Å². The molecule has 2 aliphatic heterocycles. The number of carbonyl (C=O) groups is 2. The van der Waals surface area contributed by atoms with Gasteiger partial charge in [-0.3, -0.25) is 14.6 Å². The molecule has 0 aromatic rings. The summed E-state index contributed by atoms with van der Waals surface area (Å²) in [5.41, 5.74) is -1.39. The van der Waals surface area contributed by atoms with Crippen molar-refractivity contribution in [2.24, 2.45) is 5.92 Å². The number of carbonyl (C=O) groups excluding carboxylic acids is 2. The van der Waals surface area contributed by atoms with E-state index in [2.05, 4.69) is 10.2 Å². The first-order valence-corrected chi connectivity index (χ1v) is 9.33. The van der Waals surface area contributed by atoms with Gasteiger partial charge >= 0.3 is 6.03 Å². The van der Waals surface area contributed by atoms with Crippen molar-refractivity contribution < 1.29 is 14.7 Å². The SMILES string of the molecule is CC1(C)NC(=O)N(CCN2CCC[C@@H]2[C@H]2CCCC[C@]2(C)O)C1=O. The monoisotopic (exact) mass is 337 g/mol. The lowest BCUT2D eigenvalue weighted by atomic mass is 9.72. The zero-order valence-electron chi connectivity index (χ0n) is 15.2. The lowest BCUT2D eigenvalue weighted by Crippen LogP contribution is -2.50. The minimum atomic E-state index is -0.797. The molecule has 136 valence electrons. The summed E-state index contributed by atoms with van der Waals surface area (Å²) in [6.07, 6.45) is 6.48. The Morgan fingerprint density at radius 1 is 1.12 bits per heavy atom. The number of urea groups is 1. The van der Waals surface area contributed by atoms with Crippen LogP contribution in [0, 0.1) is 5.92 Å². The van der Waals surface area contributed by atoms with E-state index in [4.69, 9.17) is 0 Å². The third-order valence-electron chi connectivity index (χ3n) is 6.18. The average molecular weight is 337 g/mol. The largest absolute Gasteiger partial charge is 0.390 e. The van der Waals surface area contributed by atoms with E-state index in [1.54, 1.807) is 13.8 Å². The number of hydrogen-bond donors (Lipinski definition) is 2. The molecule has 3 rings (SSSR count). The predicted molar refractivity (Wildman–Crippen MR) is 91.5 cm³/mol. The van der Waals surface area contributed by atoms with Crippen LogP contribution >= 0.6 is 0 Å². The van der Waals surface area contributed by atoms with Crippen molar-refractivity contribution in [2.75, 3.05) is 19.6 Å². The zero-order chi connectivity index (χ0) is 17.5. The molecule has 6 nitrogen and oxygen atoms in total. The molecule has 3 amide bonds. The second kappa shape index (κ2) is 6.30. The Balaban J connectivity index is 1.63. The smallest absolute Gasteiger partial charge is 0.325 e. The van der Waals surface area contributed by atoms with E-state index in [1.807, 2.05) is 6.92 Å². The number of amides is 3. The van der Waals surface area contributed by atoms with Gasteiger partial charge in [0.15, 0.2) is 0 Å². The molecule has 3 atom stereocenters. The lowest BCUT2D eigenvalue weighted by molar-refractivity contribution is -0.130. The maximum absolute atomic E-state index is 12.3. The van der Waals surface area contributed by atoms with Crippen molar-refractivity contribution in [1.82, 2.24) is 15.1 Å². The summed E-state index contributed by atoms with van der Waals surface area (Å²) in [5, 5.41) is 13.5. The topological polar surface area (TPSA) is 72.9 Å². The van der Waals surface area contributed by atoms with Crippen molar-refractivity contribution in [3.8, 4) is 0 Å². The quantitative estimate of drug-likeness (QED) is 0.766. The van der Waals surface area contributed by atoms with Gasteiger partial charge in [0.1, 0.15) is 5.54 Å². The van der Waals surface area contributed by atoms with E-state index < -0.39 is 11.1 Å². The Labute approximate surface area is 144 Å². The first kappa shape index (κ1) is 17.7. The zero-order valence-corrected chi connectivity index (χ0v) is 15.2. The van der Waals surface area contributed by atoms with Gasteiger partial charge in [-0.2, -0.15) is 0 Å². The minimum absolute atomic E-state index is 0.145. The van der Waals surface area contributed by atoms with Crippen LogP contribution in [0.4, 0.5) is 4.79 Å². The fraction of sp³-hybridized carbons (Fsp3) is 0.889. The summed E-state index contributed by atoms with van der Waals surface area (Å²) in [6, 6.07) is 0.0829. The third kappa shape index (κ3) is 3.18. The molecular formula is C18H31N3O3. The molecule has 0 unspecified atom stereocenters. The van der Waals surface area contributed by atoms with E-state index in [-0.39, 0.29) is 11.9 Å². The lowest BCUT2D eigenvalue weighted by Gasteiger charge is -2.43. The number of likely N-dealkylation sites (tertiary alicyclic amines) is 1. The van der Waals surface area contributed by atoms with Crippen molar-refractivity contribution in [3.63, 3.8) is 0 Å². The van der Waals surface area contributed by atoms with Gasteiger partial charge < -0.3 is 10.4 Å². The molecule has 0 spiro atoms. The van der Waals surface area contributed by atoms with E-state index in [1.165, 1.54) is 11.3 Å². The van der Waals surface area contributed by atoms with Crippen molar-refractivity contribution in [3.05, 3.63) is 0 Å². The normalized spacial score (nSPS) is 37.1. The summed E-state index contributed by atoms with van der Waals surface area (Å²) < 4.78 is 0. The van der Waals surface area contributed by atoms with Crippen LogP contribution in [0.2, 0.25) is 0 Å². The van der Waals surface area contributed by atoms with Crippen molar-refractivity contribution >= 4 is 11.9 Å². The maximum atomic E-state index is 12.3. The molecule has 0 aromatic heterocycles. The van der Waals surface area contributed by atoms with Gasteiger partial charge in [0.05, 0.1) is 5.60 Å². The summed E-state index contributed by atoms with van der Waals surface area (Å²) in [6.45, 7) is 7.58. The fourth-order valence-electron chi connectivity index (χ4n) is 4.78. The maximum Gasteiger partial charge on any atom is 0.325 e. The first-order valence-electron chi connectivity index (χ1n) is 9.33. The number of imide groups is 1. The van der Waals surface area contributed by atoms with Crippen LogP contribution in [0.25, 0.3) is 0 Å². The fourth-order valence-corrected chi connectivity index (χ4v) is 4.78. The van der Waals surface area contributed by atoms with Crippen LogP contribution in [0.15, 0.2) is 0 Å². The highest BCUT2D eigenvalue weighted by molar-refractivity contribution is 6.06. The van der Waals surface area contributed by atoms with Crippen LogP contribution in [-0.4, -0.2) is 63.7 Å². The number of nitrogens with zero attached hydrogens (tertiary/aromatic N) is 2. The summed E-state index contributed by atoms with van der Waals surface area (Å²) in [4.78, 5) is 28.1. The second-order valence-corrected chi connectivity index (χ2v) is 8.47. The van der Waals surface area contributed by atoms with E-state index in [9.17, 15) is 14.7 Å². The van der Waals surface area contributed by atoms with Gasteiger partial charge in [0.2, 0.25) is 0 Å². The highest BCUT2D eigenvalue weighted by Crippen LogP contribution is 2.40. The Bertz CT molecular complexity index is 518. The number of hydrogen-bond acceptors (Lipinski definition) is 4. The standard InChI is InChI=1S/C18H31N3O3/c1-17(2)15(22)21(16(23)19-17)12-11-20-10-6-8-14(20)13-7-4-5-9-18(13,3)24/h13-14,24H,4-12H2,1-3H3,(H,19,23)/t13-,14-,18+/m1/s1. The molecule has 1 saturated carbocycles. The van der Waals surface area contributed by atoms with Gasteiger partial charge in [-0.25, -0.2) is 4.79 Å². The van der Waals surface area contributed by atoms with Crippen LogP contribution in [0.3, 0.4) is 0 Å². The molecular weight excluding hydrogens is 306 g/mol. The van der Waals surface area contributed by atoms with Crippen molar-refractivity contribution in [2.45, 2.75) is 76.5 Å². The molecule has 6 heteroatoms. The Morgan fingerprint density at radius 3 is 2.50 bits per heavy atom. The molecule has 2 heterocycles. The van der Waals surface area contributed by atoms with Gasteiger partial charge in [-0.15, -0.1) is 0 Å². The van der Waals surface area contributed by atoms with Gasteiger partial charge in [-0.05, 0) is 53.0 Å². The molecule has 2 N–H and O–H groups in total. The predicted octanol–water partition coefficient (Wildman–Crippen LogP) is 1.72. The molecule has 2 saturated heterocycles. The number of nitrogens with one attached hydrogen (secondary N) is 1. The molecule has 3 aliphatic rings.